The number of pyridine rings is 2. The molecule has 7 heterocycles. The Bertz CT molecular complexity index is 3700. The lowest BCUT2D eigenvalue weighted by molar-refractivity contribution is -0.143. The van der Waals surface area contributed by atoms with E-state index in [1.807, 2.05) is 64.1 Å². The summed E-state index contributed by atoms with van der Waals surface area (Å²) in [4.78, 5) is 95.1. The zero-order valence-electron chi connectivity index (χ0n) is 52.2. The summed E-state index contributed by atoms with van der Waals surface area (Å²) in [6, 6.07) is 32.9. The zero-order chi connectivity index (χ0) is 63.0. The van der Waals surface area contributed by atoms with Crippen molar-refractivity contribution in [2.45, 2.75) is 105 Å². The molecular weight excluding hydrogens is 1180 g/mol. The second-order valence-electron chi connectivity index (χ2n) is 24.1. The molecular formula is C68H82N10O10S2. The largest absolute Gasteiger partial charge is 0.475 e. The van der Waals surface area contributed by atoms with Crippen LogP contribution in [0.5, 0.6) is 11.5 Å². The van der Waals surface area contributed by atoms with Gasteiger partial charge >= 0.3 is 12.2 Å². The van der Waals surface area contributed by atoms with Gasteiger partial charge in [-0.3, -0.25) is 38.1 Å². The molecule has 3 saturated heterocycles. The fourth-order valence-corrected chi connectivity index (χ4v) is 14.2. The van der Waals surface area contributed by atoms with E-state index in [9.17, 15) is 28.8 Å². The van der Waals surface area contributed by atoms with Gasteiger partial charge in [-0.1, -0.05) is 66.5 Å². The Morgan fingerprint density at radius 2 is 0.878 bits per heavy atom. The molecule has 0 aliphatic carbocycles. The van der Waals surface area contributed by atoms with Crippen molar-refractivity contribution in [2.75, 3.05) is 88.3 Å². The van der Waals surface area contributed by atoms with Crippen LogP contribution in [-0.2, 0) is 32.5 Å². The Morgan fingerprint density at radius 1 is 0.489 bits per heavy atom. The summed E-state index contributed by atoms with van der Waals surface area (Å²) in [5, 5.41) is 13.9. The number of amides is 4. The van der Waals surface area contributed by atoms with Gasteiger partial charge in [-0.05, 0) is 119 Å². The van der Waals surface area contributed by atoms with Crippen molar-refractivity contribution >= 4 is 100 Å². The molecule has 20 nitrogen and oxygen atoms in total. The molecule has 4 aromatic heterocycles. The topological polar surface area (TPSA) is 193 Å². The average molecular weight is 1260 g/mol. The van der Waals surface area contributed by atoms with Crippen LogP contribution >= 0.6 is 22.7 Å². The predicted octanol–water partition coefficient (Wildman–Crippen LogP) is 10.2. The Balaban J connectivity index is 0.657. The van der Waals surface area contributed by atoms with Gasteiger partial charge in [-0.15, -0.1) is 22.7 Å². The van der Waals surface area contributed by atoms with E-state index in [4.69, 9.17) is 18.9 Å². The molecule has 11 rings (SSSR count). The van der Waals surface area contributed by atoms with Gasteiger partial charge in [0, 0.05) is 134 Å². The second kappa shape index (κ2) is 28.8. The maximum absolute atomic E-state index is 14.1. The predicted molar refractivity (Wildman–Crippen MR) is 356 cm³/mol. The van der Waals surface area contributed by atoms with Gasteiger partial charge in [-0.25, -0.2) is 9.59 Å². The highest BCUT2D eigenvalue weighted by atomic mass is 32.1. The first-order chi connectivity index (χ1) is 43.6. The molecule has 3 aliphatic rings. The smallest absolute Gasteiger partial charge is 0.409 e. The van der Waals surface area contributed by atoms with Crippen molar-refractivity contribution in [1.29, 1.82) is 0 Å². The molecule has 476 valence electrons. The number of thiophene rings is 2. The number of rotatable bonds is 22. The fraction of sp³-hybridized carbons (Fsp3) is 0.441. The van der Waals surface area contributed by atoms with Crippen LogP contribution in [0.3, 0.4) is 0 Å². The van der Waals surface area contributed by atoms with Crippen LogP contribution in [0.25, 0.3) is 42.0 Å². The van der Waals surface area contributed by atoms with Crippen molar-refractivity contribution in [2.24, 2.45) is 11.8 Å². The minimum atomic E-state index is -0.970. The number of carbonyl (C=O) groups excluding carboxylic acids is 4. The number of hydrogen-bond donors (Lipinski definition) is 2. The minimum absolute atomic E-state index is 0.177. The first-order valence-corrected chi connectivity index (χ1v) is 33.4. The van der Waals surface area contributed by atoms with Crippen molar-refractivity contribution in [3.05, 3.63) is 141 Å². The van der Waals surface area contributed by atoms with Crippen molar-refractivity contribution in [1.82, 2.24) is 39.4 Å². The third-order valence-electron chi connectivity index (χ3n) is 17.6. The van der Waals surface area contributed by atoms with Crippen LogP contribution in [0, 0.1) is 11.8 Å². The number of nitrogens with zero attached hydrogens (tertiary/aromatic N) is 8. The van der Waals surface area contributed by atoms with E-state index >= 15 is 0 Å². The lowest BCUT2D eigenvalue weighted by Gasteiger charge is -2.40. The van der Waals surface area contributed by atoms with E-state index < -0.39 is 37.7 Å². The molecule has 22 heteroatoms. The molecule has 3 fully saturated rings. The molecule has 8 aromatic rings. The second-order valence-corrected chi connectivity index (χ2v) is 26.0. The molecule has 90 heavy (non-hydrogen) atoms. The van der Waals surface area contributed by atoms with Crippen LogP contribution in [-0.4, -0.2) is 156 Å². The lowest BCUT2D eigenvalue weighted by atomic mass is 10.0. The van der Waals surface area contributed by atoms with Gasteiger partial charge in [0.15, 0.2) is 25.9 Å². The quantitative estimate of drug-likeness (QED) is 0.0651. The Hall–Kier alpha value is -8.18. The van der Waals surface area contributed by atoms with E-state index in [2.05, 4.69) is 103 Å². The van der Waals surface area contributed by atoms with Gasteiger partial charge in [0.05, 0.1) is 11.0 Å². The molecule has 0 bridgehead atoms. The third-order valence-corrected chi connectivity index (χ3v) is 19.3. The van der Waals surface area contributed by atoms with Gasteiger partial charge < -0.3 is 49.2 Å². The highest BCUT2D eigenvalue weighted by molar-refractivity contribution is 7.17. The van der Waals surface area contributed by atoms with Gasteiger partial charge in [0.2, 0.25) is 11.8 Å². The number of nitrogens with one attached hydrogen (secondary N) is 2. The number of piperazine rings is 3. The number of benzene rings is 4. The van der Waals surface area contributed by atoms with Gasteiger partial charge in [0.25, 0.3) is 11.1 Å². The molecule has 4 atom stereocenters. The maximum Gasteiger partial charge on any atom is 0.409 e. The molecule has 4 aromatic carbocycles. The van der Waals surface area contributed by atoms with Crippen molar-refractivity contribution < 1.29 is 38.1 Å². The molecule has 0 saturated carbocycles. The fourth-order valence-electron chi connectivity index (χ4n) is 12.5. The van der Waals surface area contributed by atoms with Gasteiger partial charge in [0.1, 0.15) is 23.6 Å². The first-order valence-electron chi connectivity index (χ1n) is 31.6. The summed E-state index contributed by atoms with van der Waals surface area (Å²) in [5.74, 6) is -0.183. The summed E-state index contributed by atoms with van der Waals surface area (Å²) in [7, 11) is 0. The van der Waals surface area contributed by atoms with E-state index in [-0.39, 0.29) is 73.4 Å². The number of hydrogen-bond acceptors (Lipinski definition) is 16. The average Bonchev–Trinajstić information content (AvgIpc) is 1.81. The van der Waals surface area contributed by atoms with Crippen LogP contribution in [0.2, 0.25) is 0 Å². The highest BCUT2D eigenvalue weighted by Crippen LogP contribution is 2.34. The molecule has 1 unspecified atom stereocenters. The molecule has 0 spiro atoms. The van der Waals surface area contributed by atoms with Crippen LogP contribution in [0.4, 0.5) is 21.0 Å². The SMILES string of the molecule is CCCC(Oc1ccc2ccc(=O)n(COC(=O)N[C@H](C(=O)N3CCN(C(=O)[C@@H](NC(=O)OCn4c(=O)ccc5ccc(O[C@@H](CCC)N6CCN(c7cccc8sccc78)CC6)cc54)C(C)C)CC3)C(C)C)c2c1)N1CCN(c2cccc3sccc23)CC1. The normalized spacial score (nSPS) is 16.6. The summed E-state index contributed by atoms with van der Waals surface area (Å²) in [6.07, 6.45) is 1.36. The lowest BCUT2D eigenvalue weighted by Crippen LogP contribution is -2.60. The summed E-state index contributed by atoms with van der Waals surface area (Å²) >= 11 is 3.51. The van der Waals surface area contributed by atoms with Crippen LogP contribution in [0.15, 0.2) is 130 Å². The standard InChI is InChI=1S/C68H82N10O10S2/c1-7-11-61(73-31-27-71(28-32-73)53-13-9-15-57-51(53)25-39-89-57)87-49-21-17-47-19-23-59(79)77(55(47)41-49)43-85-67(83)69-63(45(3)4)65(81)75-35-37-76(38-36-75)66(82)64(46(5)6)70-68(84)86-44-78-56-42-50(22-18-48(56)20-24-60(78)80)88-62(12-8-2)74-33-29-72(30-34-74)54-14-10-16-58-52(54)26-40-90-58/h9-10,13-26,39-42,45-46,61-64H,7-8,11-12,27-38,43-44H2,1-6H3,(H,69,83)(H,70,84)/t61-,62?,63-,64-/m0/s1. The summed E-state index contributed by atoms with van der Waals surface area (Å²) in [5.41, 5.74) is 2.84. The Labute approximate surface area is 532 Å². The zero-order valence-corrected chi connectivity index (χ0v) is 53.8. The van der Waals surface area contributed by atoms with Crippen molar-refractivity contribution in [3.8, 4) is 11.5 Å². The Morgan fingerprint density at radius 3 is 1.26 bits per heavy atom. The van der Waals surface area contributed by atoms with E-state index in [1.165, 1.54) is 52.8 Å². The van der Waals surface area contributed by atoms with E-state index in [0.717, 1.165) is 88.8 Å². The molecule has 3 aliphatic heterocycles. The minimum Gasteiger partial charge on any atom is -0.475 e. The van der Waals surface area contributed by atoms with Gasteiger partial charge in [-0.2, -0.15) is 0 Å². The molecule has 4 amide bonds. The number of fused-ring (bicyclic) bond motifs is 4. The van der Waals surface area contributed by atoms with Crippen LogP contribution in [0.1, 0.15) is 67.2 Å². The van der Waals surface area contributed by atoms with Crippen molar-refractivity contribution in [3.63, 3.8) is 0 Å². The third kappa shape index (κ3) is 14.4. The Kier molecular flexibility index (Phi) is 20.3. The number of alkyl carbamates (subject to hydrolysis) is 2. The first kappa shape index (κ1) is 63.4. The molecule has 2 N–H and O–H groups in total. The maximum atomic E-state index is 14.1. The van der Waals surface area contributed by atoms with E-state index in [0.29, 0.717) is 22.5 Å². The number of anilines is 2. The number of carbonyl (C=O) groups is 4. The highest BCUT2D eigenvalue weighted by Gasteiger charge is 2.36. The monoisotopic (exact) mass is 1260 g/mol. The number of aromatic nitrogens is 2. The summed E-state index contributed by atoms with van der Waals surface area (Å²) in [6.45, 7) is 18.2. The molecule has 0 radical (unpaired) electrons. The number of ether oxygens (including phenoxy) is 4. The van der Waals surface area contributed by atoms with E-state index in [1.54, 1.807) is 44.6 Å². The van der Waals surface area contributed by atoms with Crippen LogP contribution < -0.4 is 41.0 Å². The summed E-state index contributed by atoms with van der Waals surface area (Å²) < 4.78 is 30.1.